The van der Waals surface area contributed by atoms with Crippen molar-refractivity contribution in [1.82, 2.24) is 9.29 Å². The van der Waals surface area contributed by atoms with Crippen molar-refractivity contribution in [2.75, 3.05) is 13.1 Å². The van der Waals surface area contributed by atoms with E-state index >= 15 is 0 Å². The highest BCUT2D eigenvalue weighted by Crippen LogP contribution is 2.27. The smallest absolute Gasteiger partial charge is 0.243 e. The maximum atomic E-state index is 14.2. The molecule has 0 bridgehead atoms. The Morgan fingerprint density at radius 3 is 2.28 bits per heavy atom. The van der Waals surface area contributed by atoms with E-state index in [2.05, 4.69) is 4.98 Å². The summed E-state index contributed by atoms with van der Waals surface area (Å²) in [7, 11) is -3.87. The fourth-order valence-corrected chi connectivity index (χ4v) is 4.88. The number of Topliss-reactive ketones (excluding diaryl/α,β-unsaturated/α-hetero) is 1. The highest BCUT2D eigenvalue weighted by atomic mass is 32.2. The summed E-state index contributed by atoms with van der Waals surface area (Å²) in [5.74, 6) is -0.795. The van der Waals surface area contributed by atoms with Crippen molar-refractivity contribution in [3.8, 4) is 0 Å². The van der Waals surface area contributed by atoms with Gasteiger partial charge in [0.15, 0.2) is 5.78 Å². The van der Waals surface area contributed by atoms with Crippen LogP contribution in [0.15, 0.2) is 89.1 Å². The molecule has 0 unspecified atom stereocenters. The van der Waals surface area contributed by atoms with Crippen LogP contribution in [0, 0.1) is 12.7 Å². The quantitative estimate of drug-likeness (QED) is 0.559. The molecule has 1 saturated heterocycles. The number of sulfonamides is 1. The molecule has 162 valence electrons. The second-order valence-electron chi connectivity index (χ2n) is 7.56. The molecule has 0 radical (unpaired) electrons. The molecule has 5 nitrogen and oxygen atoms in total. The molecule has 2 aromatic carbocycles. The lowest BCUT2D eigenvalue weighted by molar-refractivity contribution is -0.113. The van der Waals surface area contributed by atoms with Crippen molar-refractivity contribution in [3.63, 3.8) is 0 Å². The lowest BCUT2D eigenvalue weighted by Crippen LogP contribution is -2.41. The number of rotatable bonds is 4. The Labute approximate surface area is 186 Å². The maximum Gasteiger partial charge on any atom is 0.243 e. The van der Waals surface area contributed by atoms with Crippen LogP contribution in [-0.4, -0.2) is 36.6 Å². The number of carbonyl (C=O) groups excluding carboxylic acids is 1. The normalized spacial score (nSPS) is 17.8. The first-order valence-electron chi connectivity index (χ1n) is 10.0. The topological polar surface area (TPSA) is 67.3 Å². The number of ketones is 1. The van der Waals surface area contributed by atoms with Crippen LogP contribution in [0.25, 0.3) is 12.2 Å². The number of halogens is 1. The molecule has 0 spiro atoms. The van der Waals surface area contributed by atoms with E-state index in [4.69, 9.17) is 0 Å². The fourth-order valence-electron chi connectivity index (χ4n) is 3.48. The molecule has 0 N–H and O–H groups in total. The van der Waals surface area contributed by atoms with Gasteiger partial charge in [-0.15, -0.1) is 0 Å². The van der Waals surface area contributed by atoms with Crippen LogP contribution >= 0.6 is 0 Å². The molecule has 1 fully saturated rings. The number of aryl methyl sites for hydroxylation is 1. The van der Waals surface area contributed by atoms with Gasteiger partial charge in [0.2, 0.25) is 10.0 Å². The van der Waals surface area contributed by atoms with Gasteiger partial charge in [0.1, 0.15) is 5.82 Å². The Morgan fingerprint density at radius 2 is 1.62 bits per heavy atom. The van der Waals surface area contributed by atoms with Crippen LogP contribution in [0.5, 0.6) is 0 Å². The van der Waals surface area contributed by atoms with Crippen LogP contribution in [-0.2, 0) is 14.8 Å². The van der Waals surface area contributed by atoms with Crippen molar-refractivity contribution in [3.05, 3.63) is 107 Å². The third-order valence-electron chi connectivity index (χ3n) is 5.20. The van der Waals surface area contributed by atoms with Gasteiger partial charge in [-0.25, -0.2) is 12.8 Å². The molecular formula is C25H21FN2O3S. The van der Waals surface area contributed by atoms with Crippen LogP contribution < -0.4 is 0 Å². The first-order valence-corrected chi connectivity index (χ1v) is 11.5. The summed E-state index contributed by atoms with van der Waals surface area (Å²) >= 11 is 0. The van der Waals surface area contributed by atoms with Gasteiger partial charge in [-0.3, -0.25) is 9.78 Å². The molecule has 0 aliphatic carbocycles. The monoisotopic (exact) mass is 448 g/mol. The number of piperidine rings is 1. The van der Waals surface area contributed by atoms with Crippen molar-refractivity contribution < 1.29 is 17.6 Å². The standard InChI is InChI=1S/C25H21FN2O3S/c1-18-8-10-23(11-9-18)32(30,31)28-16-21(13-19-5-4-12-27-15-19)25(29)22(17-28)14-20-6-2-3-7-24(20)26/h2-15H,16-17H2,1H3/b21-13+,22-14+. The Kier molecular flexibility index (Phi) is 6.12. The van der Waals surface area contributed by atoms with Gasteiger partial charge in [-0.2, -0.15) is 4.31 Å². The second-order valence-corrected chi connectivity index (χ2v) is 9.50. The van der Waals surface area contributed by atoms with Crippen molar-refractivity contribution in [1.29, 1.82) is 0 Å². The molecule has 0 atom stereocenters. The number of hydrogen-bond acceptors (Lipinski definition) is 4. The van der Waals surface area contributed by atoms with Crippen LogP contribution in [0.2, 0.25) is 0 Å². The van der Waals surface area contributed by atoms with E-state index in [0.717, 1.165) is 5.56 Å². The van der Waals surface area contributed by atoms with Gasteiger partial charge < -0.3 is 0 Å². The van der Waals surface area contributed by atoms with Gasteiger partial charge in [0.25, 0.3) is 0 Å². The van der Waals surface area contributed by atoms with E-state index in [1.807, 2.05) is 6.92 Å². The van der Waals surface area contributed by atoms with E-state index in [0.29, 0.717) is 11.1 Å². The maximum absolute atomic E-state index is 14.2. The molecule has 0 saturated carbocycles. The SMILES string of the molecule is Cc1ccc(S(=O)(=O)N2C/C(=C\c3cccnc3)C(=O)/C(=C/c3ccccc3F)C2)cc1. The zero-order valence-electron chi connectivity index (χ0n) is 17.4. The molecule has 1 aliphatic rings. The average Bonchev–Trinajstić information content (AvgIpc) is 2.79. The van der Waals surface area contributed by atoms with Gasteiger partial charge in [-0.1, -0.05) is 42.0 Å². The number of hydrogen-bond donors (Lipinski definition) is 0. The molecule has 0 amide bonds. The average molecular weight is 449 g/mol. The zero-order chi connectivity index (χ0) is 22.7. The lowest BCUT2D eigenvalue weighted by Gasteiger charge is -2.29. The van der Waals surface area contributed by atoms with Crippen molar-refractivity contribution in [2.24, 2.45) is 0 Å². The summed E-state index contributed by atoms with van der Waals surface area (Å²) in [6, 6.07) is 16.1. The molecule has 2 heterocycles. The highest BCUT2D eigenvalue weighted by molar-refractivity contribution is 7.89. The Balaban J connectivity index is 1.79. The van der Waals surface area contributed by atoms with Gasteiger partial charge in [0, 0.05) is 42.2 Å². The second kappa shape index (κ2) is 8.98. The van der Waals surface area contributed by atoms with Crippen LogP contribution in [0.1, 0.15) is 16.7 Å². The summed E-state index contributed by atoms with van der Waals surface area (Å²) < 4.78 is 42.2. The molecular weight excluding hydrogens is 427 g/mol. The number of carbonyl (C=O) groups is 1. The van der Waals surface area contributed by atoms with E-state index in [9.17, 15) is 17.6 Å². The fraction of sp³-hybridized carbons (Fsp3) is 0.120. The van der Waals surface area contributed by atoms with Gasteiger partial charge in [-0.05, 0) is 48.9 Å². The molecule has 1 aliphatic heterocycles. The Hall–Kier alpha value is -3.42. The van der Waals surface area contributed by atoms with Crippen molar-refractivity contribution in [2.45, 2.75) is 11.8 Å². The van der Waals surface area contributed by atoms with Crippen LogP contribution in [0.3, 0.4) is 0 Å². The minimum atomic E-state index is -3.87. The molecule has 1 aromatic heterocycles. The van der Waals surface area contributed by atoms with Gasteiger partial charge in [0.05, 0.1) is 4.90 Å². The first kappa shape index (κ1) is 21.8. The number of nitrogens with zero attached hydrogens (tertiary/aromatic N) is 2. The first-order chi connectivity index (χ1) is 15.3. The van der Waals surface area contributed by atoms with Crippen LogP contribution in [0.4, 0.5) is 4.39 Å². The zero-order valence-corrected chi connectivity index (χ0v) is 18.2. The van der Waals surface area contributed by atoms with Crippen molar-refractivity contribution >= 4 is 28.0 Å². The number of benzene rings is 2. The minimum absolute atomic E-state index is 0.0848. The third-order valence-corrected chi connectivity index (χ3v) is 7.00. The summed E-state index contributed by atoms with van der Waals surface area (Å²) in [5, 5.41) is 0. The van der Waals surface area contributed by atoms with E-state index in [1.165, 1.54) is 16.4 Å². The summed E-state index contributed by atoms with van der Waals surface area (Å²) in [6.07, 6.45) is 6.25. The largest absolute Gasteiger partial charge is 0.289 e. The molecule has 7 heteroatoms. The predicted octanol–water partition coefficient (Wildman–Crippen LogP) is 4.27. The summed E-state index contributed by atoms with van der Waals surface area (Å²) in [4.78, 5) is 17.4. The predicted molar refractivity (Wildman–Crippen MR) is 122 cm³/mol. The van der Waals surface area contributed by atoms with E-state index in [1.54, 1.807) is 73.1 Å². The lowest BCUT2D eigenvalue weighted by atomic mass is 9.96. The summed E-state index contributed by atoms with van der Waals surface area (Å²) in [5.41, 5.74) is 2.34. The highest BCUT2D eigenvalue weighted by Gasteiger charge is 2.34. The minimum Gasteiger partial charge on any atom is -0.289 e. The van der Waals surface area contributed by atoms with E-state index < -0.39 is 15.8 Å². The number of aromatic nitrogens is 1. The van der Waals surface area contributed by atoms with Gasteiger partial charge >= 0.3 is 0 Å². The third kappa shape index (κ3) is 4.59. The molecule has 3 aromatic rings. The summed E-state index contributed by atoms with van der Waals surface area (Å²) in [6.45, 7) is 1.65. The number of pyridine rings is 1. The molecule has 4 rings (SSSR count). The van der Waals surface area contributed by atoms with E-state index in [-0.39, 0.29) is 34.9 Å². The molecule has 32 heavy (non-hydrogen) atoms. The Bertz CT molecular complexity index is 1310. The Morgan fingerprint density at radius 1 is 0.938 bits per heavy atom.